The third kappa shape index (κ3) is 2.63. The van der Waals surface area contributed by atoms with Crippen molar-refractivity contribution in [3.8, 4) is 0 Å². The Bertz CT molecular complexity index is 522. The van der Waals surface area contributed by atoms with E-state index in [1.54, 1.807) is 0 Å². The van der Waals surface area contributed by atoms with Crippen LogP contribution in [0.1, 0.15) is 55.4 Å². The van der Waals surface area contributed by atoms with Crippen molar-refractivity contribution in [1.29, 1.82) is 0 Å². The van der Waals surface area contributed by atoms with E-state index in [-0.39, 0.29) is 0 Å². The molecular formula is C14H22N4. The van der Waals surface area contributed by atoms with Crippen LogP contribution < -0.4 is 0 Å². The van der Waals surface area contributed by atoms with Crippen molar-refractivity contribution in [2.45, 2.75) is 46.0 Å². The Labute approximate surface area is 108 Å². The van der Waals surface area contributed by atoms with Crippen LogP contribution in [0.5, 0.6) is 0 Å². The maximum atomic E-state index is 4.55. The van der Waals surface area contributed by atoms with E-state index in [1.807, 2.05) is 18.7 Å². The molecule has 1 atom stereocenters. The maximum Gasteiger partial charge on any atom is 0.0656 e. The molecule has 0 aromatic carbocycles. The molecule has 4 heteroatoms. The van der Waals surface area contributed by atoms with E-state index >= 15 is 0 Å². The van der Waals surface area contributed by atoms with Crippen molar-refractivity contribution in [3.63, 3.8) is 0 Å². The molecule has 2 heterocycles. The van der Waals surface area contributed by atoms with Crippen LogP contribution in [0.2, 0.25) is 0 Å². The fraction of sp³-hybridized carbons (Fsp3) is 0.571. The third-order valence-electron chi connectivity index (χ3n) is 3.33. The van der Waals surface area contributed by atoms with E-state index in [2.05, 4.69) is 48.2 Å². The van der Waals surface area contributed by atoms with Crippen molar-refractivity contribution in [2.75, 3.05) is 0 Å². The molecule has 0 amide bonds. The van der Waals surface area contributed by atoms with Gasteiger partial charge in [0.2, 0.25) is 0 Å². The fourth-order valence-electron chi connectivity index (χ4n) is 2.11. The Morgan fingerprint density at radius 1 is 1.22 bits per heavy atom. The number of nitrogens with one attached hydrogen (secondary N) is 1. The second-order valence-electron chi connectivity index (χ2n) is 5.42. The quantitative estimate of drug-likeness (QED) is 0.901. The van der Waals surface area contributed by atoms with Gasteiger partial charge in [-0.1, -0.05) is 20.8 Å². The third-order valence-corrected chi connectivity index (χ3v) is 3.33. The van der Waals surface area contributed by atoms with Crippen molar-refractivity contribution in [2.24, 2.45) is 7.05 Å². The van der Waals surface area contributed by atoms with Crippen molar-refractivity contribution in [3.05, 3.63) is 34.9 Å². The minimum atomic E-state index is 0.408. The van der Waals surface area contributed by atoms with Gasteiger partial charge in [-0.05, 0) is 31.4 Å². The first-order valence-electron chi connectivity index (χ1n) is 6.52. The van der Waals surface area contributed by atoms with E-state index in [0.29, 0.717) is 11.8 Å². The highest BCUT2D eigenvalue weighted by molar-refractivity contribution is 5.18. The molecule has 0 bridgehead atoms. The SMILES string of the molecule is Cc1cc(C(C)Cc2cc(C(C)C)nn2C)n[nH]1. The van der Waals surface area contributed by atoms with E-state index in [1.165, 1.54) is 5.69 Å². The van der Waals surface area contributed by atoms with Gasteiger partial charge in [-0.3, -0.25) is 9.78 Å². The van der Waals surface area contributed by atoms with Gasteiger partial charge in [-0.25, -0.2) is 0 Å². The second-order valence-corrected chi connectivity index (χ2v) is 5.42. The minimum absolute atomic E-state index is 0.408. The van der Waals surface area contributed by atoms with Gasteiger partial charge in [-0.15, -0.1) is 0 Å². The molecule has 2 rings (SSSR count). The molecule has 0 saturated heterocycles. The zero-order valence-electron chi connectivity index (χ0n) is 11.9. The van der Waals surface area contributed by atoms with Crippen LogP contribution in [0.3, 0.4) is 0 Å². The second kappa shape index (κ2) is 4.96. The summed E-state index contributed by atoms with van der Waals surface area (Å²) in [5.74, 6) is 0.887. The normalized spacial score (nSPS) is 13.2. The van der Waals surface area contributed by atoms with Gasteiger partial charge in [0, 0.05) is 24.4 Å². The molecular weight excluding hydrogens is 224 g/mol. The van der Waals surface area contributed by atoms with Gasteiger partial charge >= 0.3 is 0 Å². The van der Waals surface area contributed by atoms with Crippen LogP contribution in [0, 0.1) is 6.92 Å². The number of H-pyrrole nitrogens is 1. The molecule has 4 nitrogen and oxygen atoms in total. The van der Waals surface area contributed by atoms with Gasteiger partial charge < -0.3 is 0 Å². The minimum Gasteiger partial charge on any atom is -0.283 e. The average molecular weight is 246 g/mol. The molecule has 0 saturated carbocycles. The van der Waals surface area contributed by atoms with Crippen LogP contribution >= 0.6 is 0 Å². The molecule has 0 spiro atoms. The first-order valence-corrected chi connectivity index (χ1v) is 6.52. The summed E-state index contributed by atoms with van der Waals surface area (Å²) in [5, 5.41) is 11.9. The summed E-state index contributed by atoms with van der Waals surface area (Å²) < 4.78 is 1.99. The molecule has 0 aliphatic carbocycles. The number of hydrogen-bond acceptors (Lipinski definition) is 2. The monoisotopic (exact) mass is 246 g/mol. The zero-order chi connectivity index (χ0) is 13.3. The van der Waals surface area contributed by atoms with Gasteiger partial charge in [0.1, 0.15) is 0 Å². The first kappa shape index (κ1) is 12.9. The van der Waals surface area contributed by atoms with E-state index < -0.39 is 0 Å². The summed E-state index contributed by atoms with van der Waals surface area (Å²) >= 11 is 0. The standard InChI is InChI=1S/C14H22N4/c1-9(2)13-8-12(18(5)17-13)6-10(3)14-7-11(4)15-16-14/h7-10H,6H2,1-5H3,(H,15,16). The van der Waals surface area contributed by atoms with Gasteiger partial charge in [0.05, 0.1) is 11.4 Å². The maximum absolute atomic E-state index is 4.55. The topological polar surface area (TPSA) is 46.5 Å². The van der Waals surface area contributed by atoms with Crippen LogP contribution in [0.25, 0.3) is 0 Å². The summed E-state index contributed by atoms with van der Waals surface area (Å²) in [5.41, 5.74) is 4.68. The lowest BCUT2D eigenvalue weighted by Gasteiger charge is -2.08. The summed E-state index contributed by atoms with van der Waals surface area (Å²) in [4.78, 5) is 0. The molecule has 1 N–H and O–H groups in total. The molecule has 18 heavy (non-hydrogen) atoms. The average Bonchev–Trinajstić information content (AvgIpc) is 2.86. The number of aryl methyl sites for hydroxylation is 2. The summed E-state index contributed by atoms with van der Waals surface area (Å²) in [7, 11) is 2.02. The lowest BCUT2D eigenvalue weighted by atomic mass is 10.0. The lowest BCUT2D eigenvalue weighted by molar-refractivity contribution is 0.637. The Morgan fingerprint density at radius 2 is 1.94 bits per heavy atom. The summed E-state index contributed by atoms with van der Waals surface area (Å²) in [6, 6.07) is 4.32. The van der Waals surface area contributed by atoms with Gasteiger partial charge in [0.15, 0.2) is 0 Å². The van der Waals surface area contributed by atoms with Gasteiger partial charge in [0.25, 0.3) is 0 Å². The largest absolute Gasteiger partial charge is 0.283 e. The zero-order valence-corrected chi connectivity index (χ0v) is 11.9. The van der Waals surface area contributed by atoms with Crippen molar-refractivity contribution < 1.29 is 0 Å². The number of nitrogens with zero attached hydrogens (tertiary/aromatic N) is 3. The van der Waals surface area contributed by atoms with Crippen molar-refractivity contribution in [1.82, 2.24) is 20.0 Å². The van der Waals surface area contributed by atoms with E-state index in [0.717, 1.165) is 23.5 Å². The molecule has 98 valence electrons. The molecule has 0 aliphatic heterocycles. The highest BCUT2D eigenvalue weighted by Gasteiger charge is 2.14. The molecule has 2 aromatic rings. The van der Waals surface area contributed by atoms with Crippen LogP contribution in [0.4, 0.5) is 0 Å². The van der Waals surface area contributed by atoms with Crippen LogP contribution in [-0.2, 0) is 13.5 Å². The highest BCUT2D eigenvalue weighted by Crippen LogP contribution is 2.21. The van der Waals surface area contributed by atoms with Crippen LogP contribution in [0.15, 0.2) is 12.1 Å². The summed E-state index contributed by atoms with van der Waals surface area (Å²) in [6.07, 6.45) is 0.973. The lowest BCUT2D eigenvalue weighted by Crippen LogP contribution is -2.04. The van der Waals surface area contributed by atoms with Crippen LogP contribution in [-0.4, -0.2) is 20.0 Å². The molecule has 0 aliphatic rings. The Kier molecular flexibility index (Phi) is 3.55. The first-order chi connectivity index (χ1) is 8.47. The van der Waals surface area contributed by atoms with Gasteiger partial charge in [-0.2, -0.15) is 10.2 Å². The Morgan fingerprint density at radius 3 is 2.44 bits per heavy atom. The highest BCUT2D eigenvalue weighted by atomic mass is 15.3. The molecule has 2 aromatic heterocycles. The number of aromatic nitrogens is 4. The number of aromatic amines is 1. The van der Waals surface area contributed by atoms with Crippen molar-refractivity contribution >= 4 is 0 Å². The fourth-order valence-corrected chi connectivity index (χ4v) is 2.11. The number of rotatable bonds is 4. The van der Waals surface area contributed by atoms with E-state index in [4.69, 9.17) is 0 Å². The number of hydrogen-bond donors (Lipinski definition) is 1. The Balaban J connectivity index is 2.14. The molecule has 0 fully saturated rings. The summed E-state index contributed by atoms with van der Waals surface area (Å²) in [6.45, 7) is 8.58. The van der Waals surface area contributed by atoms with E-state index in [9.17, 15) is 0 Å². The smallest absolute Gasteiger partial charge is 0.0656 e. The molecule has 1 unspecified atom stereocenters. The molecule has 0 radical (unpaired) electrons. The predicted octanol–water partition coefficient (Wildman–Crippen LogP) is 2.92. The predicted molar refractivity (Wildman–Crippen MR) is 72.7 cm³/mol. The Hall–Kier alpha value is -1.58.